The fourth-order valence-electron chi connectivity index (χ4n) is 3.93. The van der Waals surface area contributed by atoms with E-state index in [0.29, 0.717) is 12.2 Å². The summed E-state index contributed by atoms with van der Waals surface area (Å²) in [7, 11) is 0. The smallest absolute Gasteiger partial charge is 0.270 e. The van der Waals surface area contributed by atoms with E-state index in [1.165, 1.54) is 11.8 Å². The van der Waals surface area contributed by atoms with Crippen LogP contribution in [-0.2, 0) is 6.42 Å². The van der Waals surface area contributed by atoms with Crippen LogP contribution in [-0.4, -0.2) is 34.4 Å². The number of nitrogens with one attached hydrogen (secondary N) is 3. The van der Waals surface area contributed by atoms with Crippen molar-refractivity contribution in [2.24, 2.45) is 0 Å². The first-order valence-electron chi connectivity index (χ1n) is 10.3. The van der Waals surface area contributed by atoms with Gasteiger partial charge >= 0.3 is 0 Å². The van der Waals surface area contributed by atoms with E-state index in [1.807, 2.05) is 24.4 Å². The molecule has 0 unspecified atom stereocenters. The Morgan fingerprint density at radius 3 is 2.55 bits per heavy atom. The van der Waals surface area contributed by atoms with Crippen LogP contribution in [0.1, 0.15) is 58.6 Å². The lowest BCUT2D eigenvalue weighted by atomic mass is 9.95. The molecule has 1 saturated carbocycles. The number of aromatic amines is 1. The van der Waals surface area contributed by atoms with E-state index in [9.17, 15) is 9.59 Å². The van der Waals surface area contributed by atoms with E-state index in [0.717, 1.165) is 43.2 Å². The number of rotatable bonds is 6. The number of H-pyrrole nitrogens is 1. The second-order valence-electron chi connectivity index (χ2n) is 7.58. The highest BCUT2D eigenvalue weighted by Gasteiger charge is 2.18. The van der Waals surface area contributed by atoms with Crippen LogP contribution in [0.15, 0.2) is 48.7 Å². The number of carbonyl (C=O) groups is 2. The van der Waals surface area contributed by atoms with Crippen molar-refractivity contribution in [2.75, 3.05) is 6.54 Å². The Morgan fingerprint density at radius 2 is 1.72 bits per heavy atom. The Kier molecular flexibility index (Phi) is 5.89. The molecule has 0 radical (unpaired) electrons. The third-order valence-electron chi connectivity index (χ3n) is 5.51. The van der Waals surface area contributed by atoms with Crippen molar-refractivity contribution in [3.63, 3.8) is 0 Å². The standard InChI is InChI=1S/C23H26N4O2/c28-22(24-14-13-16-15-25-19-10-5-4-9-18(16)19)20-11-6-12-21(27-20)23(29)26-17-7-2-1-3-8-17/h4-6,9-12,15,17,25H,1-3,7-8,13-14H2,(H,24,28)(H,26,29). The average Bonchev–Trinajstić information content (AvgIpc) is 3.18. The van der Waals surface area contributed by atoms with E-state index >= 15 is 0 Å². The maximum atomic E-state index is 12.5. The van der Waals surface area contributed by atoms with E-state index in [-0.39, 0.29) is 23.6 Å². The lowest BCUT2D eigenvalue weighted by Crippen LogP contribution is -2.37. The number of pyridine rings is 1. The molecule has 1 fully saturated rings. The number of nitrogens with zero attached hydrogens (tertiary/aromatic N) is 1. The van der Waals surface area contributed by atoms with Crippen molar-refractivity contribution >= 4 is 22.7 Å². The summed E-state index contributed by atoms with van der Waals surface area (Å²) < 4.78 is 0. The molecule has 150 valence electrons. The highest BCUT2D eigenvalue weighted by Crippen LogP contribution is 2.18. The first-order chi connectivity index (χ1) is 14.2. The van der Waals surface area contributed by atoms with Crippen LogP contribution in [0, 0.1) is 0 Å². The maximum absolute atomic E-state index is 12.5. The van der Waals surface area contributed by atoms with Crippen molar-refractivity contribution < 1.29 is 9.59 Å². The largest absolute Gasteiger partial charge is 0.361 e. The summed E-state index contributed by atoms with van der Waals surface area (Å²) in [6, 6.07) is 13.3. The predicted octanol–water partition coefficient (Wildman–Crippen LogP) is 3.60. The lowest BCUT2D eigenvalue weighted by Gasteiger charge is -2.22. The summed E-state index contributed by atoms with van der Waals surface area (Å²) in [4.78, 5) is 32.5. The summed E-state index contributed by atoms with van der Waals surface area (Å²) >= 11 is 0. The number of benzene rings is 1. The monoisotopic (exact) mass is 390 g/mol. The van der Waals surface area contributed by atoms with Crippen LogP contribution in [0.4, 0.5) is 0 Å². The number of amides is 2. The fourth-order valence-corrected chi connectivity index (χ4v) is 3.93. The van der Waals surface area contributed by atoms with Gasteiger partial charge in [0.15, 0.2) is 0 Å². The zero-order valence-corrected chi connectivity index (χ0v) is 16.4. The molecule has 0 bridgehead atoms. The molecule has 4 rings (SSSR count). The second-order valence-corrected chi connectivity index (χ2v) is 7.58. The Bertz CT molecular complexity index is 1000. The average molecular weight is 390 g/mol. The highest BCUT2D eigenvalue weighted by atomic mass is 16.2. The Labute approximate surface area is 170 Å². The first-order valence-corrected chi connectivity index (χ1v) is 10.3. The lowest BCUT2D eigenvalue weighted by molar-refractivity contribution is 0.0922. The van der Waals surface area contributed by atoms with Crippen molar-refractivity contribution in [3.8, 4) is 0 Å². The van der Waals surface area contributed by atoms with Crippen LogP contribution in [0.25, 0.3) is 10.9 Å². The summed E-state index contributed by atoms with van der Waals surface area (Å²) in [5, 5.41) is 7.11. The zero-order valence-electron chi connectivity index (χ0n) is 16.4. The molecular weight excluding hydrogens is 364 g/mol. The molecular formula is C23H26N4O2. The molecule has 0 atom stereocenters. The van der Waals surface area contributed by atoms with E-state index < -0.39 is 0 Å². The SMILES string of the molecule is O=C(NCCc1c[nH]c2ccccc12)c1cccc(C(=O)NC2CCCCC2)n1. The van der Waals surface area contributed by atoms with Crippen LogP contribution in [0.5, 0.6) is 0 Å². The van der Waals surface area contributed by atoms with Gasteiger partial charge in [0, 0.05) is 29.7 Å². The zero-order chi connectivity index (χ0) is 20.1. The summed E-state index contributed by atoms with van der Waals surface area (Å²) in [6.45, 7) is 0.501. The van der Waals surface area contributed by atoms with Gasteiger partial charge in [-0.15, -0.1) is 0 Å². The van der Waals surface area contributed by atoms with Crippen LogP contribution >= 0.6 is 0 Å². The number of aromatic nitrogens is 2. The summed E-state index contributed by atoms with van der Waals surface area (Å²) in [5.41, 5.74) is 2.81. The topological polar surface area (TPSA) is 86.9 Å². The normalized spacial score (nSPS) is 14.6. The summed E-state index contributed by atoms with van der Waals surface area (Å²) in [6.07, 6.45) is 8.26. The molecule has 3 N–H and O–H groups in total. The number of fused-ring (bicyclic) bond motifs is 1. The van der Waals surface area contributed by atoms with Gasteiger partial charge in [0.2, 0.25) is 0 Å². The molecule has 1 aromatic carbocycles. The van der Waals surface area contributed by atoms with Gasteiger partial charge < -0.3 is 15.6 Å². The highest BCUT2D eigenvalue weighted by molar-refractivity contribution is 5.96. The number of carbonyl (C=O) groups excluding carboxylic acids is 2. The van der Waals surface area contributed by atoms with Gasteiger partial charge in [-0.05, 0) is 43.0 Å². The van der Waals surface area contributed by atoms with Crippen LogP contribution < -0.4 is 10.6 Å². The van der Waals surface area contributed by atoms with Gasteiger partial charge in [0.1, 0.15) is 11.4 Å². The van der Waals surface area contributed by atoms with E-state index in [2.05, 4.69) is 26.7 Å². The van der Waals surface area contributed by atoms with Gasteiger partial charge in [0.25, 0.3) is 11.8 Å². The van der Waals surface area contributed by atoms with Crippen LogP contribution in [0.2, 0.25) is 0 Å². The third kappa shape index (κ3) is 4.65. The Hall–Kier alpha value is -3.15. The Balaban J connectivity index is 1.33. The van der Waals surface area contributed by atoms with Crippen molar-refractivity contribution in [1.82, 2.24) is 20.6 Å². The minimum absolute atomic E-state index is 0.203. The minimum Gasteiger partial charge on any atom is -0.361 e. The first kappa shape index (κ1) is 19.2. The molecule has 0 saturated heterocycles. The maximum Gasteiger partial charge on any atom is 0.270 e. The molecule has 0 spiro atoms. The van der Waals surface area contributed by atoms with E-state index in [4.69, 9.17) is 0 Å². The quantitative estimate of drug-likeness (QED) is 0.601. The van der Waals surface area contributed by atoms with Crippen LogP contribution in [0.3, 0.4) is 0 Å². The van der Waals surface area contributed by atoms with E-state index in [1.54, 1.807) is 18.2 Å². The number of hydrogen-bond acceptors (Lipinski definition) is 3. The summed E-state index contributed by atoms with van der Waals surface area (Å²) in [5.74, 6) is -0.470. The van der Waals surface area contributed by atoms with Crippen molar-refractivity contribution in [2.45, 2.75) is 44.6 Å². The van der Waals surface area contributed by atoms with Crippen molar-refractivity contribution in [1.29, 1.82) is 0 Å². The number of hydrogen-bond donors (Lipinski definition) is 3. The van der Waals surface area contributed by atoms with Gasteiger partial charge in [0.05, 0.1) is 0 Å². The molecule has 6 heteroatoms. The molecule has 0 aliphatic heterocycles. The molecule has 1 aliphatic carbocycles. The van der Waals surface area contributed by atoms with Gasteiger partial charge in [-0.3, -0.25) is 9.59 Å². The molecule has 2 aromatic heterocycles. The molecule has 6 nitrogen and oxygen atoms in total. The third-order valence-corrected chi connectivity index (χ3v) is 5.51. The molecule has 1 aliphatic rings. The molecule has 3 aromatic rings. The second kappa shape index (κ2) is 8.90. The Morgan fingerprint density at radius 1 is 0.966 bits per heavy atom. The fraction of sp³-hybridized carbons (Fsp3) is 0.348. The molecule has 2 heterocycles. The number of para-hydroxylation sites is 1. The van der Waals surface area contributed by atoms with Gasteiger partial charge in [-0.1, -0.05) is 43.5 Å². The van der Waals surface area contributed by atoms with Crippen molar-refractivity contribution in [3.05, 3.63) is 65.6 Å². The molecule has 2 amide bonds. The van der Waals surface area contributed by atoms with Gasteiger partial charge in [-0.2, -0.15) is 0 Å². The predicted molar refractivity (Wildman–Crippen MR) is 113 cm³/mol. The molecule has 29 heavy (non-hydrogen) atoms. The minimum atomic E-state index is -0.267. The van der Waals surface area contributed by atoms with Gasteiger partial charge in [-0.25, -0.2) is 4.98 Å².